The van der Waals surface area contributed by atoms with Crippen molar-refractivity contribution in [2.24, 2.45) is 0 Å². The summed E-state index contributed by atoms with van der Waals surface area (Å²) in [5, 5.41) is 0. The zero-order chi connectivity index (χ0) is 17.4. The van der Waals surface area contributed by atoms with E-state index < -0.39 is 10.0 Å². The van der Waals surface area contributed by atoms with Crippen molar-refractivity contribution >= 4 is 32.7 Å². The van der Waals surface area contributed by atoms with Crippen LogP contribution in [-0.4, -0.2) is 38.3 Å². The molecular weight excluding hydrogens is 354 g/mol. The maximum atomic E-state index is 13.1. The number of aryl methyl sites for hydroxylation is 2. The van der Waals surface area contributed by atoms with Crippen LogP contribution in [0.15, 0.2) is 29.8 Å². The fourth-order valence-corrected chi connectivity index (χ4v) is 6.32. The lowest BCUT2D eigenvalue weighted by atomic mass is 9.98. The number of sulfonamides is 1. The maximum Gasteiger partial charge on any atom is 0.235 e. The van der Waals surface area contributed by atoms with Crippen LogP contribution in [0.1, 0.15) is 29.8 Å². The first-order valence-corrected chi connectivity index (χ1v) is 11.3. The van der Waals surface area contributed by atoms with Gasteiger partial charge in [0.05, 0.1) is 34.9 Å². The van der Waals surface area contributed by atoms with E-state index in [0.717, 1.165) is 34.9 Å². The lowest BCUT2D eigenvalue weighted by Gasteiger charge is -2.46. The Morgan fingerprint density at radius 1 is 1.24 bits per heavy atom. The number of fused-ring (bicyclic) bond motifs is 3. The molecule has 0 spiro atoms. The first-order valence-electron chi connectivity index (χ1n) is 8.81. The Hall–Kier alpha value is -1.60. The van der Waals surface area contributed by atoms with Crippen LogP contribution in [0, 0.1) is 6.92 Å². The molecular formula is C18H23N3O2S2. The first-order chi connectivity index (χ1) is 12.1. The zero-order valence-corrected chi connectivity index (χ0v) is 16.0. The number of benzene rings is 1. The second-order valence-corrected chi connectivity index (χ2v) is 9.74. The predicted molar refractivity (Wildman–Crippen MR) is 103 cm³/mol. The molecule has 25 heavy (non-hydrogen) atoms. The van der Waals surface area contributed by atoms with E-state index in [1.54, 1.807) is 9.82 Å². The van der Waals surface area contributed by atoms with Gasteiger partial charge < -0.3 is 4.90 Å². The molecule has 1 atom stereocenters. The van der Waals surface area contributed by atoms with E-state index in [2.05, 4.69) is 16.0 Å². The van der Waals surface area contributed by atoms with Crippen molar-refractivity contribution in [1.29, 1.82) is 0 Å². The minimum atomic E-state index is -3.35. The van der Waals surface area contributed by atoms with Crippen molar-refractivity contribution < 1.29 is 8.42 Å². The highest BCUT2D eigenvalue weighted by atomic mass is 32.2. The molecule has 0 bridgehead atoms. The first kappa shape index (κ1) is 16.8. The standard InChI is InChI=1S/C18H23N3O2S2/c1-14-18(24-13-19-14)9-11-25(22,23)21-12-15-6-4-5-10-20(15)16-7-2-3-8-17(16)21/h2-3,7-8,13,15H,4-6,9-12H2,1H3. The summed E-state index contributed by atoms with van der Waals surface area (Å²) in [4.78, 5) is 7.69. The van der Waals surface area contributed by atoms with Gasteiger partial charge in [-0.2, -0.15) is 0 Å². The van der Waals surface area contributed by atoms with Gasteiger partial charge in [0.25, 0.3) is 0 Å². The van der Waals surface area contributed by atoms with Gasteiger partial charge in [0.2, 0.25) is 10.0 Å². The second kappa shape index (κ2) is 6.61. The SMILES string of the molecule is Cc1ncsc1CCS(=O)(=O)N1CC2CCCCN2c2ccccc21. The molecule has 2 aromatic rings. The third-order valence-electron chi connectivity index (χ3n) is 5.23. The molecule has 1 unspecified atom stereocenters. The molecule has 0 N–H and O–H groups in total. The molecule has 1 aromatic heterocycles. The van der Waals surface area contributed by atoms with Crippen LogP contribution in [0.3, 0.4) is 0 Å². The van der Waals surface area contributed by atoms with Crippen LogP contribution >= 0.6 is 11.3 Å². The highest BCUT2D eigenvalue weighted by molar-refractivity contribution is 7.92. The number of nitrogens with zero attached hydrogens (tertiary/aromatic N) is 3. The van der Waals surface area contributed by atoms with Crippen LogP contribution in [0.5, 0.6) is 0 Å². The lowest BCUT2D eigenvalue weighted by molar-refractivity contribution is 0.454. The average Bonchev–Trinajstić information content (AvgIpc) is 3.04. The Labute approximate surface area is 153 Å². The molecule has 2 aliphatic rings. The van der Waals surface area contributed by atoms with Crippen molar-refractivity contribution in [3.63, 3.8) is 0 Å². The van der Waals surface area contributed by atoms with Crippen molar-refractivity contribution in [3.05, 3.63) is 40.3 Å². The number of rotatable bonds is 4. The number of piperidine rings is 1. The number of thiazole rings is 1. The van der Waals surface area contributed by atoms with E-state index in [0.29, 0.717) is 19.0 Å². The van der Waals surface area contributed by atoms with Crippen molar-refractivity contribution in [2.45, 2.75) is 38.6 Å². The third kappa shape index (κ3) is 3.15. The Morgan fingerprint density at radius 3 is 2.80 bits per heavy atom. The highest BCUT2D eigenvalue weighted by Crippen LogP contribution is 2.40. The zero-order valence-electron chi connectivity index (χ0n) is 14.4. The van der Waals surface area contributed by atoms with E-state index in [-0.39, 0.29) is 5.75 Å². The molecule has 5 nitrogen and oxygen atoms in total. The number of hydrogen-bond donors (Lipinski definition) is 0. The molecule has 1 fully saturated rings. The van der Waals surface area contributed by atoms with E-state index in [1.165, 1.54) is 24.2 Å². The van der Waals surface area contributed by atoms with Crippen molar-refractivity contribution in [1.82, 2.24) is 4.98 Å². The third-order valence-corrected chi connectivity index (χ3v) is 7.96. The molecule has 0 amide bonds. The molecule has 2 aliphatic heterocycles. The Morgan fingerprint density at radius 2 is 2.04 bits per heavy atom. The van der Waals surface area contributed by atoms with Gasteiger partial charge in [-0.05, 0) is 44.7 Å². The minimum Gasteiger partial charge on any atom is -0.365 e. The fraction of sp³-hybridized carbons (Fsp3) is 0.500. The van der Waals surface area contributed by atoms with E-state index in [1.807, 2.05) is 25.1 Å². The van der Waals surface area contributed by atoms with Crippen LogP contribution in [0.25, 0.3) is 0 Å². The number of hydrogen-bond acceptors (Lipinski definition) is 5. The van der Waals surface area contributed by atoms with E-state index >= 15 is 0 Å². The van der Waals surface area contributed by atoms with Crippen LogP contribution in [0.2, 0.25) is 0 Å². The summed E-state index contributed by atoms with van der Waals surface area (Å²) >= 11 is 1.54. The molecule has 1 saturated heterocycles. The van der Waals surface area contributed by atoms with Crippen molar-refractivity contribution in [2.75, 3.05) is 28.0 Å². The van der Waals surface area contributed by atoms with Gasteiger partial charge in [-0.15, -0.1) is 11.3 Å². The van der Waals surface area contributed by atoms with Gasteiger partial charge in [0, 0.05) is 17.5 Å². The number of aromatic nitrogens is 1. The smallest absolute Gasteiger partial charge is 0.235 e. The highest BCUT2D eigenvalue weighted by Gasteiger charge is 2.37. The summed E-state index contributed by atoms with van der Waals surface area (Å²) in [7, 11) is -3.35. The Balaban J connectivity index is 1.63. The summed E-state index contributed by atoms with van der Waals surface area (Å²) in [5.41, 5.74) is 4.63. The van der Waals surface area contributed by atoms with Gasteiger partial charge in [-0.25, -0.2) is 13.4 Å². The van der Waals surface area contributed by atoms with Gasteiger partial charge in [0.1, 0.15) is 0 Å². The summed E-state index contributed by atoms with van der Waals surface area (Å²) in [6, 6.07) is 8.22. The second-order valence-electron chi connectivity index (χ2n) is 6.79. The Bertz CT molecular complexity index is 863. The largest absolute Gasteiger partial charge is 0.365 e. The molecule has 3 heterocycles. The summed E-state index contributed by atoms with van der Waals surface area (Å²) in [6.45, 7) is 3.53. The van der Waals surface area contributed by atoms with Crippen LogP contribution in [0.4, 0.5) is 11.4 Å². The number of anilines is 2. The van der Waals surface area contributed by atoms with Crippen molar-refractivity contribution in [3.8, 4) is 0 Å². The van der Waals surface area contributed by atoms with Crippen LogP contribution < -0.4 is 9.21 Å². The van der Waals surface area contributed by atoms with Gasteiger partial charge in [-0.3, -0.25) is 4.31 Å². The average molecular weight is 378 g/mol. The molecule has 7 heteroatoms. The van der Waals surface area contributed by atoms with Gasteiger partial charge in [0.15, 0.2) is 0 Å². The summed E-state index contributed by atoms with van der Waals surface area (Å²) in [6.07, 6.45) is 3.96. The summed E-state index contributed by atoms with van der Waals surface area (Å²) in [5.74, 6) is 0.136. The van der Waals surface area contributed by atoms with E-state index in [9.17, 15) is 8.42 Å². The Kier molecular flexibility index (Phi) is 4.45. The van der Waals surface area contributed by atoms with Gasteiger partial charge >= 0.3 is 0 Å². The summed E-state index contributed by atoms with van der Waals surface area (Å²) < 4.78 is 27.9. The normalized spacial score (nSPS) is 20.3. The predicted octanol–water partition coefficient (Wildman–Crippen LogP) is 3.20. The minimum absolute atomic E-state index is 0.136. The van der Waals surface area contributed by atoms with Gasteiger partial charge in [-0.1, -0.05) is 12.1 Å². The molecule has 1 aromatic carbocycles. The lowest BCUT2D eigenvalue weighted by Crippen LogP contribution is -2.53. The quantitative estimate of drug-likeness (QED) is 0.821. The molecule has 4 rings (SSSR count). The number of para-hydroxylation sites is 2. The molecule has 0 aliphatic carbocycles. The topological polar surface area (TPSA) is 53.5 Å². The monoisotopic (exact) mass is 377 g/mol. The fourth-order valence-electron chi connectivity index (χ4n) is 3.88. The van der Waals surface area contributed by atoms with E-state index in [4.69, 9.17) is 0 Å². The molecule has 0 saturated carbocycles. The molecule has 0 radical (unpaired) electrons. The van der Waals surface area contributed by atoms with Crippen LogP contribution in [-0.2, 0) is 16.4 Å². The molecule has 134 valence electrons. The maximum absolute atomic E-state index is 13.1.